The first-order valence-electron chi connectivity index (χ1n) is 9.39. The van der Waals surface area contributed by atoms with E-state index in [1.54, 1.807) is 10.7 Å². The zero-order valence-corrected chi connectivity index (χ0v) is 15.6. The Morgan fingerprint density at radius 3 is 2.71 bits per heavy atom. The van der Waals surface area contributed by atoms with Gasteiger partial charge in [-0.1, -0.05) is 30.3 Å². The molecule has 4 heterocycles. The number of carbonyl (C=O) groups excluding carboxylic acids is 1. The maximum Gasteiger partial charge on any atom is 0.255 e. The summed E-state index contributed by atoms with van der Waals surface area (Å²) >= 11 is 0. The monoisotopic (exact) mass is 372 g/mol. The van der Waals surface area contributed by atoms with Crippen molar-refractivity contribution < 1.29 is 4.79 Å². The second-order valence-electron chi connectivity index (χ2n) is 7.04. The van der Waals surface area contributed by atoms with Crippen LogP contribution in [0.15, 0.2) is 55.0 Å². The van der Waals surface area contributed by atoms with Crippen molar-refractivity contribution >= 4 is 11.6 Å². The lowest BCUT2D eigenvalue weighted by atomic mass is 10.0. The van der Waals surface area contributed by atoms with Gasteiger partial charge in [0, 0.05) is 43.9 Å². The van der Waals surface area contributed by atoms with Crippen molar-refractivity contribution in [3.8, 4) is 11.3 Å². The van der Waals surface area contributed by atoms with Gasteiger partial charge < -0.3 is 4.90 Å². The Hall–Kier alpha value is -3.48. The molecule has 1 aliphatic rings. The van der Waals surface area contributed by atoms with Crippen molar-refractivity contribution in [2.24, 2.45) is 7.05 Å². The summed E-state index contributed by atoms with van der Waals surface area (Å²) in [5.74, 6) is 0.0215. The third-order valence-corrected chi connectivity index (χ3v) is 5.33. The second-order valence-corrected chi connectivity index (χ2v) is 7.04. The average molecular weight is 372 g/mol. The molecule has 0 N–H and O–H groups in total. The van der Waals surface area contributed by atoms with E-state index in [2.05, 4.69) is 22.2 Å². The number of aryl methyl sites for hydroxylation is 1. The van der Waals surface area contributed by atoms with Gasteiger partial charge in [-0.2, -0.15) is 10.2 Å². The highest BCUT2D eigenvalue weighted by Gasteiger charge is 2.25. The van der Waals surface area contributed by atoms with E-state index in [0.29, 0.717) is 18.7 Å². The predicted octanol–water partition coefficient (Wildman–Crippen LogP) is 2.37. The van der Waals surface area contributed by atoms with E-state index in [-0.39, 0.29) is 5.91 Å². The van der Waals surface area contributed by atoms with Crippen LogP contribution < -0.4 is 0 Å². The molecular weight excluding hydrogens is 352 g/mol. The summed E-state index contributed by atoms with van der Waals surface area (Å²) in [4.78, 5) is 19.1. The van der Waals surface area contributed by atoms with E-state index in [4.69, 9.17) is 5.10 Å². The molecule has 1 aliphatic heterocycles. The smallest absolute Gasteiger partial charge is 0.255 e. The summed E-state index contributed by atoms with van der Waals surface area (Å²) in [5.41, 5.74) is 6.00. The van der Waals surface area contributed by atoms with Gasteiger partial charge in [-0.05, 0) is 18.6 Å². The second kappa shape index (κ2) is 6.60. The summed E-state index contributed by atoms with van der Waals surface area (Å²) < 4.78 is 3.60. The number of rotatable bonds is 2. The van der Waals surface area contributed by atoms with Gasteiger partial charge in [0.1, 0.15) is 6.33 Å². The van der Waals surface area contributed by atoms with E-state index >= 15 is 0 Å². The number of hydrogen-bond donors (Lipinski definition) is 0. The third-order valence-electron chi connectivity index (χ3n) is 5.33. The lowest BCUT2D eigenvalue weighted by Gasteiger charge is -2.20. The fourth-order valence-electron chi connectivity index (χ4n) is 3.97. The maximum atomic E-state index is 13.1. The number of pyridine rings is 1. The lowest BCUT2D eigenvalue weighted by Crippen LogP contribution is -2.33. The summed E-state index contributed by atoms with van der Waals surface area (Å²) in [5, 5.41) is 8.87. The minimum atomic E-state index is 0.0215. The number of benzene rings is 1. The highest BCUT2D eigenvalue weighted by Crippen LogP contribution is 2.28. The molecular formula is C21H20N6O. The largest absolute Gasteiger partial charge is 0.338 e. The van der Waals surface area contributed by atoms with E-state index < -0.39 is 0 Å². The molecule has 4 aromatic rings. The van der Waals surface area contributed by atoms with Crippen LogP contribution in [0.4, 0.5) is 0 Å². The van der Waals surface area contributed by atoms with Crippen molar-refractivity contribution in [1.82, 2.24) is 29.3 Å². The third kappa shape index (κ3) is 2.76. The van der Waals surface area contributed by atoms with Gasteiger partial charge in [-0.15, -0.1) is 0 Å². The Balaban J connectivity index is 1.42. The summed E-state index contributed by atoms with van der Waals surface area (Å²) in [6, 6.07) is 14.0. The van der Waals surface area contributed by atoms with Crippen molar-refractivity contribution in [3.05, 3.63) is 71.8 Å². The standard InChI is InChI=1S/C21H20N6O/c1-25-20(15-5-3-2-4-6-15)17-9-11-26(12-10-18(17)24-25)21(28)16-7-8-19-22-14-23-27(19)13-16/h2-8,13-14H,9-12H2,1H3. The van der Waals surface area contributed by atoms with Crippen molar-refractivity contribution in [2.75, 3.05) is 13.1 Å². The van der Waals surface area contributed by atoms with Crippen molar-refractivity contribution in [3.63, 3.8) is 0 Å². The number of amides is 1. The summed E-state index contributed by atoms with van der Waals surface area (Å²) in [6.45, 7) is 1.33. The van der Waals surface area contributed by atoms with Gasteiger partial charge in [-0.25, -0.2) is 9.50 Å². The molecule has 28 heavy (non-hydrogen) atoms. The zero-order valence-electron chi connectivity index (χ0n) is 15.6. The Kier molecular flexibility index (Phi) is 3.93. The van der Waals surface area contributed by atoms with Crippen LogP contribution in [-0.2, 0) is 19.9 Å². The zero-order chi connectivity index (χ0) is 19.1. The molecule has 0 saturated carbocycles. The molecule has 5 rings (SSSR count). The molecule has 0 fully saturated rings. The molecule has 0 spiro atoms. The first-order valence-corrected chi connectivity index (χ1v) is 9.39. The van der Waals surface area contributed by atoms with E-state index in [1.165, 1.54) is 11.9 Å². The van der Waals surface area contributed by atoms with Gasteiger partial charge in [0.05, 0.1) is 17.0 Å². The van der Waals surface area contributed by atoms with Crippen LogP contribution in [0.3, 0.4) is 0 Å². The molecule has 0 unspecified atom stereocenters. The topological polar surface area (TPSA) is 68.3 Å². The van der Waals surface area contributed by atoms with Crippen molar-refractivity contribution in [2.45, 2.75) is 12.8 Å². The van der Waals surface area contributed by atoms with Crippen LogP contribution in [0.5, 0.6) is 0 Å². The van der Waals surface area contributed by atoms with Gasteiger partial charge in [0.25, 0.3) is 5.91 Å². The van der Waals surface area contributed by atoms with E-state index in [9.17, 15) is 4.79 Å². The minimum absolute atomic E-state index is 0.0215. The van der Waals surface area contributed by atoms with Crippen LogP contribution in [0, 0.1) is 0 Å². The average Bonchev–Trinajstić information content (AvgIpc) is 3.25. The Morgan fingerprint density at radius 2 is 1.86 bits per heavy atom. The molecule has 0 saturated heterocycles. The molecule has 7 nitrogen and oxygen atoms in total. The first-order chi connectivity index (χ1) is 13.7. The number of fused-ring (bicyclic) bond motifs is 2. The number of aromatic nitrogens is 5. The molecule has 3 aromatic heterocycles. The normalized spacial score (nSPS) is 14.1. The molecule has 0 atom stereocenters. The van der Waals surface area contributed by atoms with E-state index in [1.807, 2.05) is 47.0 Å². The SMILES string of the molecule is Cn1nc2c(c1-c1ccccc1)CCN(C(=O)c1ccc3ncnn3c1)CC2. The fourth-order valence-corrected chi connectivity index (χ4v) is 3.97. The molecule has 7 heteroatoms. The lowest BCUT2D eigenvalue weighted by molar-refractivity contribution is 0.0762. The van der Waals surface area contributed by atoms with E-state index in [0.717, 1.165) is 35.4 Å². The van der Waals surface area contributed by atoms with Crippen LogP contribution in [-0.4, -0.2) is 48.3 Å². The minimum Gasteiger partial charge on any atom is -0.338 e. The first kappa shape index (κ1) is 16.7. The van der Waals surface area contributed by atoms with Crippen LogP contribution >= 0.6 is 0 Å². The fraction of sp³-hybridized carbons (Fsp3) is 0.238. The molecule has 1 amide bonds. The van der Waals surface area contributed by atoms with Gasteiger partial charge in [-0.3, -0.25) is 9.48 Å². The van der Waals surface area contributed by atoms with Gasteiger partial charge in [0.15, 0.2) is 5.65 Å². The Labute approximate surface area is 162 Å². The molecule has 0 radical (unpaired) electrons. The molecule has 140 valence electrons. The summed E-state index contributed by atoms with van der Waals surface area (Å²) in [6.07, 6.45) is 4.79. The van der Waals surface area contributed by atoms with Crippen LogP contribution in [0.25, 0.3) is 16.9 Å². The quantitative estimate of drug-likeness (QED) is 0.542. The molecule has 1 aromatic carbocycles. The molecule has 0 aliphatic carbocycles. The highest BCUT2D eigenvalue weighted by molar-refractivity contribution is 5.94. The van der Waals surface area contributed by atoms with Crippen LogP contribution in [0.2, 0.25) is 0 Å². The summed E-state index contributed by atoms with van der Waals surface area (Å²) in [7, 11) is 1.99. The molecule has 0 bridgehead atoms. The number of nitrogens with zero attached hydrogens (tertiary/aromatic N) is 6. The Bertz CT molecular complexity index is 1160. The van der Waals surface area contributed by atoms with Gasteiger partial charge >= 0.3 is 0 Å². The number of hydrogen-bond acceptors (Lipinski definition) is 4. The Morgan fingerprint density at radius 1 is 1.04 bits per heavy atom. The van der Waals surface area contributed by atoms with Gasteiger partial charge in [0.2, 0.25) is 0 Å². The maximum absolute atomic E-state index is 13.1. The number of carbonyl (C=O) groups is 1. The van der Waals surface area contributed by atoms with Crippen LogP contribution in [0.1, 0.15) is 21.6 Å². The highest BCUT2D eigenvalue weighted by atomic mass is 16.2. The predicted molar refractivity (Wildman–Crippen MR) is 105 cm³/mol. The van der Waals surface area contributed by atoms with Crippen molar-refractivity contribution in [1.29, 1.82) is 0 Å².